The van der Waals surface area contributed by atoms with Gasteiger partial charge in [-0.15, -0.1) is 0 Å². The van der Waals surface area contributed by atoms with Gasteiger partial charge in [0, 0.05) is 17.1 Å². The molecule has 0 saturated carbocycles. The summed E-state index contributed by atoms with van der Waals surface area (Å²) in [6.07, 6.45) is 1.63. The molecule has 0 fully saturated rings. The Balaban J connectivity index is 1.91. The largest absolute Gasteiger partial charge is 0.461 e. The molecular formula is C26H28N2O6. The van der Waals surface area contributed by atoms with Crippen LogP contribution in [0.5, 0.6) is 0 Å². The standard InChI is InChI=1S/C26H28N2O6/c1-5-32-23(29)21(27-24(30)33-17-18-11-7-6-8-12-18)15-19-16-28(25(31)34-26(2,3)4)22-14-10-9-13-20(19)22/h6-16H,5,17H2,1-4H3,(H,27,30)/b21-15-. The van der Waals surface area contributed by atoms with E-state index in [2.05, 4.69) is 5.32 Å². The summed E-state index contributed by atoms with van der Waals surface area (Å²) >= 11 is 0. The van der Waals surface area contributed by atoms with Gasteiger partial charge in [-0.25, -0.2) is 14.4 Å². The predicted octanol–water partition coefficient (Wildman–Crippen LogP) is 5.25. The highest BCUT2D eigenvalue weighted by Gasteiger charge is 2.22. The summed E-state index contributed by atoms with van der Waals surface area (Å²) in [5.74, 6) is -0.728. The monoisotopic (exact) mass is 464 g/mol. The smallest absolute Gasteiger partial charge is 0.419 e. The molecule has 178 valence electrons. The molecule has 0 atom stereocenters. The van der Waals surface area contributed by atoms with E-state index in [9.17, 15) is 14.4 Å². The van der Waals surface area contributed by atoms with Crippen LogP contribution in [0.25, 0.3) is 17.0 Å². The van der Waals surface area contributed by atoms with E-state index in [1.165, 1.54) is 10.6 Å². The van der Waals surface area contributed by atoms with Gasteiger partial charge in [-0.3, -0.25) is 9.88 Å². The van der Waals surface area contributed by atoms with Crippen LogP contribution in [-0.2, 0) is 25.6 Å². The highest BCUT2D eigenvalue weighted by molar-refractivity contribution is 6.01. The quantitative estimate of drug-likeness (QED) is 0.304. The molecule has 8 heteroatoms. The highest BCUT2D eigenvalue weighted by Crippen LogP contribution is 2.25. The summed E-state index contributed by atoms with van der Waals surface area (Å²) in [4.78, 5) is 37.7. The van der Waals surface area contributed by atoms with Crippen LogP contribution in [0.2, 0.25) is 0 Å². The Morgan fingerprint density at radius 1 is 0.971 bits per heavy atom. The average Bonchev–Trinajstić information content (AvgIpc) is 3.16. The first-order valence-electron chi connectivity index (χ1n) is 10.9. The van der Waals surface area contributed by atoms with Crippen LogP contribution in [0.4, 0.5) is 9.59 Å². The summed E-state index contributed by atoms with van der Waals surface area (Å²) in [7, 11) is 0. The van der Waals surface area contributed by atoms with Gasteiger partial charge >= 0.3 is 18.2 Å². The number of benzene rings is 2. The second-order valence-electron chi connectivity index (χ2n) is 8.42. The maximum atomic E-state index is 12.7. The van der Waals surface area contributed by atoms with Crippen molar-refractivity contribution in [2.75, 3.05) is 6.61 Å². The number of fused-ring (bicyclic) bond motifs is 1. The van der Waals surface area contributed by atoms with E-state index in [0.29, 0.717) is 16.5 Å². The second kappa shape index (κ2) is 10.7. The zero-order valence-corrected chi connectivity index (χ0v) is 19.7. The lowest BCUT2D eigenvalue weighted by molar-refractivity contribution is -0.138. The van der Waals surface area contributed by atoms with Gasteiger partial charge in [-0.1, -0.05) is 48.5 Å². The Morgan fingerprint density at radius 2 is 1.65 bits per heavy atom. The van der Waals surface area contributed by atoms with Crippen molar-refractivity contribution < 1.29 is 28.6 Å². The van der Waals surface area contributed by atoms with Crippen LogP contribution in [0.1, 0.15) is 38.8 Å². The van der Waals surface area contributed by atoms with Gasteiger partial charge in [0.2, 0.25) is 0 Å². The van der Waals surface area contributed by atoms with Crippen molar-refractivity contribution in [1.82, 2.24) is 9.88 Å². The zero-order valence-electron chi connectivity index (χ0n) is 19.7. The van der Waals surface area contributed by atoms with Crippen LogP contribution in [0.3, 0.4) is 0 Å². The molecule has 0 aliphatic heterocycles. The molecule has 1 aromatic heterocycles. The number of carbonyl (C=O) groups is 3. The molecule has 0 saturated heterocycles. The lowest BCUT2D eigenvalue weighted by Gasteiger charge is -2.19. The van der Waals surface area contributed by atoms with Crippen LogP contribution in [-0.4, -0.2) is 34.9 Å². The minimum atomic E-state index is -0.806. The van der Waals surface area contributed by atoms with Crippen LogP contribution < -0.4 is 5.32 Å². The number of ether oxygens (including phenoxy) is 3. The molecule has 1 heterocycles. The minimum absolute atomic E-state index is 0.0424. The molecule has 2 aromatic carbocycles. The SMILES string of the molecule is CCOC(=O)/C(=C/c1cn(C(=O)OC(C)(C)C)c2ccccc12)NC(=O)OCc1ccccc1. The van der Waals surface area contributed by atoms with Gasteiger partial charge < -0.3 is 14.2 Å². The van der Waals surface area contributed by atoms with Crippen molar-refractivity contribution in [2.24, 2.45) is 0 Å². The fourth-order valence-corrected chi connectivity index (χ4v) is 3.16. The van der Waals surface area contributed by atoms with Gasteiger partial charge in [0.05, 0.1) is 12.1 Å². The third-order valence-electron chi connectivity index (χ3n) is 4.58. The molecule has 0 radical (unpaired) electrons. The van der Waals surface area contributed by atoms with E-state index in [0.717, 1.165) is 5.56 Å². The summed E-state index contributed by atoms with van der Waals surface area (Å²) in [5, 5.41) is 3.15. The Labute approximate surface area is 198 Å². The van der Waals surface area contributed by atoms with Crippen molar-refractivity contribution in [3.63, 3.8) is 0 Å². The predicted molar refractivity (Wildman–Crippen MR) is 128 cm³/mol. The summed E-state index contributed by atoms with van der Waals surface area (Å²) in [5.41, 5.74) is 1.12. The van der Waals surface area contributed by atoms with E-state index < -0.39 is 23.8 Å². The molecular weight excluding hydrogens is 436 g/mol. The van der Waals surface area contributed by atoms with Gasteiger partial charge in [0.15, 0.2) is 0 Å². The number of rotatable bonds is 6. The molecule has 8 nitrogen and oxygen atoms in total. The third kappa shape index (κ3) is 6.48. The number of aromatic nitrogens is 1. The van der Waals surface area contributed by atoms with E-state index in [-0.39, 0.29) is 18.9 Å². The average molecular weight is 465 g/mol. The first-order chi connectivity index (χ1) is 16.2. The van der Waals surface area contributed by atoms with Crippen LogP contribution in [0.15, 0.2) is 66.5 Å². The number of hydrogen-bond donors (Lipinski definition) is 1. The first kappa shape index (κ1) is 24.6. The highest BCUT2D eigenvalue weighted by atomic mass is 16.6. The van der Waals surface area contributed by atoms with Crippen molar-refractivity contribution >= 4 is 35.1 Å². The van der Waals surface area contributed by atoms with Crippen LogP contribution >= 0.6 is 0 Å². The Morgan fingerprint density at radius 3 is 2.32 bits per heavy atom. The Bertz CT molecular complexity index is 1210. The second-order valence-corrected chi connectivity index (χ2v) is 8.42. The normalized spacial score (nSPS) is 11.7. The third-order valence-corrected chi connectivity index (χ3v) is 4.58. The number of para-hydroxylation sites is 1. The van der Waals surface area contributed by atoms with E-state index in [1.807, 2.05) is 36.4 Å². The molecule has 0 aliphatic rings. The van der Waals surface area contributed by atoms with Crippen molar-refractivity contribution in [1.29, 1.82) is 0 Å². The fraction of sp³-hybridized carbons (Fsp3) is 0.269. The molecule has 0 unspecified atom stereocenters. The van der Waals surface area contributed by atoms with E-state index >= 15 is 0 Å². The lowest BCUT2D eigenvalue weighted by Crippen LogP contribution is -2.29. The number of alkyl carbamates (subject to hydrolysis) is 1. The minimum Gasteiger partial charge on any atom is -0.461 e. The molecule has 0 aliphatic carbocycles. The van der Waals surface area contributed by atoms with Gasteiger partial charge in [-0.2, -0.15) is 0 Å². The Hall–Kier alpha value is -4.07. The van der Waals surface area contributed by atoms with Gasteiger partial charge in [0.1, 0.15) is 17.9 Å². The molecule has 34 heavy (non-hydrogen) atoms. The van der Waals surface area contributed by atoms with E-state index in [4.69, 9.17) is 14.2 Å². The fourth-order valence-electron chi connectivity index (χ4n) is 3.16. The van der Waals surface area contributed by atoms with Crippen molar-refractivity contribution in [3.8, 4) is 0 Å². The number of amides is 1. The summed E-state index contributed by atoms with van der Waals surface area (Å²) in [6.45, 7) is 7.17. The zero-order chi connectivity index (χ0) is 24.7. The van der Waals surface area contributed by atoms with Crippen molar-refractivity contribution in [2.45, 2.75) is 39.9 Å². The van der Waals surface area contributed by atoms with E-state index in [1.54, 1.807) is 52.1 Å². The van der Waals surface area contributed by atoms with Crippen LogP contribution in [0, 0.1) is 0 Å². The first-order valence-corrected chi connectivity index (χ1v) is 10.9. The maximum absolute atomic E-state index is 12.7. The number of nitrogens with zero attached hydrogens (tertiary/aromatic N) is 1. The molecule has 3 aromatic rings. The number of hydrogen-bond acceptors (Lipinski definition) is 6. The van der Waals surface area contributed by atoms with Crippen molar-refractivity contribution in [3.05, 3.63) is 77.6 Å². The molecule has 1 N–H and O–H groups in total. The number of nitrogens with one attached hydrogen (secondary N) is 1. The number of esters is 1. The summed E-state index contributed by atoms with van der Waals surface area (Å²) in [6, 6.07) is 16.3. The van der Waals surface area contributed by atoms with Gasteiger partial charge in [0.25, 0.3) is 0 Å². The topological polar surface area (TPSA) is 95.9 Å². The van der Waals surface area contributed by atoms with Gasteiger partial charge in [-0.05, 0) is 45.4 Å². The maximum Gasteiger partial charge on any atom is 0.419 e. The Kier molecular flexibility index (Phi) is 7.73. The molecule has 1 amide bonds. The molecule has 0 bridgehead atoms. The summed E-state index contributed by atoms with van der Waals surface area (Å²) < 4.78 is 17.2. The lowest BCUT2D eigenvalue weighted by atomic mass is 10.1. The number of carbonyl (C=O) groups excluding carboxylic acids is 3. The molecule has 3 rings (SSSR count). The molecule has 0 spiro atoms.